The van der Waals surface area contributed by atoms with Crippen molar-refractivity contribution in [3.63, 3.8) is 0 Å². The summed E-state index contributed by atoms with van der Waals surface area (Å²) in [5.41, 5.74) is -0.463. The van der Waals surface area contributed by atoms with E-state index in [1.165, 1.54) is 19.1 Å². The third-order valence-corrected chi connectivity index (χ3v) is 2.10. The van der Waals surface area contributed by atoms with Crippen LogP contribution in [-0.2, 0) is 11.0 Å². The van der Waals surface area contributed by atoms with Crippen molar-refractivity contribution >= 4 is 5.78 Å². The number of hydrogen-bond acceptors (Lipinski definition) is 2. The van der Waals surface area contributed by atoms with Gasteiger partial charge in [-0.15, -0.1) is 0 Å². The predicted octanol–water partition coefficient (Wildman–Crippen LogP) is 2.72. The minimum absolute atomic E-state index is 0.0919. The zero-order valence-corrected chi connectivity index (χ0v) is 8.58. The third-order valence-electron chi connectivity index (χ3n) is 2.10. The van der Waals surface area contributed by atoms with Gasteiger partial charge >= 0.3 is 6.18 Å². The number of carbonyl (C=O) groups excluding carboxylic acids is 1. The molecule has 0 unspecified atom stereocenters. The molecule has 16 heavy (non-hydrogen) atoms. The van der Waals surface area contributed by atoms with Crippen LogP contribution in [-0.4, -0.2) is 10.9 Å². The Morgan fingerprint density at radius 2 is 1.81 bits per heavy atom. The van der Waals surface area contributed by atoms with Crippen LogP contribution in [0.2, 0.25) is 0 Å². The topological polar surface area (TPSA) is 37.3 Å². The summed E-state index contributed by atoms with van der Waals surface area (Å²) in [4.78, 5) is 10.7. The first-order chi connectivity index (χ1) is 7.30. The summed E-state index contributed by atoms with van der Waals surface area (Å²) in [5, 5.41) is 9.48. The molecule has 1 aromatic carbocycles. The predicted molar refractivity (Wildman–Crippen MR) is 51.7 cm³/mol. The third kappa shape index (κ3) is 3.34. The van der Waals surface area contributed by atoms with Crippen molar-refractivity contribution < 1.29 is 23.1 Å². The summed E-state index contributed by atoms with van der Waals surface area (Å²) < 4.78 is 36.6. The Morgan fingerprint density at radius 3 is 2.19 bits per heavy atom. The molecule has 0 fully saturated rings. The van der Waals surface area contributed by atoms with Crippen LogP contribution in [0.25, 0.3) is 0 Å². The maximum Gasteiger partial charge on any atom is 0.416 e. The van der Waals surface area contributed by atoms with Gasteiger partial charge in [-0.1, -0.05) is 12.1 Å². The van der Waals surface area contributed by atoms with Gasteiger partial charge in [-0.3, -0.25) is 4.79 Å². The molecule has 1 rings (SSSR count). The van der Waals surface area contributed by atoms with Crippen molar-refractivity contribution in [2.75, 3.05) is 0 Å². The Kier molecular flexibility index (Phi) is 3.70. The molecule has 0 aromatic heterocycles. The summed E-state index contributed by atoms with van der Waals surface area (Å²) in [6.07, 6.45) is -5.52. The number of carbonyl (C=O) groups is 1. The van der Waals surface area contributed by atoms with E-state index in [2.05, 4.69) is 0 Å². The Balaban J connectivity index is 2.83. The van der Waals surface area contributed by atoms with Crippen molar-refractivity contribution in [3.05, 3.63) is 35.4 Å². The van der Waals surface area contributed by atoms with E-state index in [0.29, 0.717) is 5.56 Å². The van der Waals surface area contributed by atoms with Crippen LogP contribution >= 0.6 is 0 Å². The molecule has 0 aliphatic carbocycles. The molecule has 0 saturated heterocycles. The Hall–Kier alpha value is -1.36. The summed E-state index contributed by atoms with van der Waals surface area (Å²) in [6.45, 7) is 1.31. The maximum atomic E-state index is 12.2. The first-order valence-corrected chi connectivity index (χ1v) is 4.65. The lowest BCUT2D eigenvalue weighted by molar-refractivity contribution is -0.137. The molecule has 1 N–H and O–H groups in total. The van der Waals surface area contributed by atoms with Crippen LogP contribution < -0.4 is 0 Å². The minimum Gasteiger partial charge on any atom is -0.388 e. The van der Waals surface area contributed by atoms with Gasteiger partial charge in [0.15, 0.2) is 0 Å². The van der Waals surface area contributed by atoms with Gasteiger partial charge in [0.25, 0.3) is 0 Å². The Morgan fingerprint density at radius 1 is 1.31 bits per heavy atom. The number of aliphatic hydroxyl groups excluding tert-OH is 1. The molecule has 1 aromatic rings. The van der Waals surface area contributed by atoms with Crippen LogP contribution in [0.3, 0.4) is 0 Å². The molecular formula is C11H11F3O2. The molecule has 5 heteroatoms. The normalized spacial score (nSPS) is 13.6. The van der Waals surface area contributed by atoms with Crippen LogP contribution in [0.5, 0.6) is 0 Å². The van der Waals surface area contributed by atoms with Crippen molar-refractivity contribution in [3.8, 4) is 0 Å². The number of halogens is 3. The summed E-state index contributed by atoms with van der Waals surface area (Å²) >= 11 is 0. The van der Waals surface area contributed by atoms with E-state index >= 15 is 0 Å². The molecule has 0 radical (unpaired) electrons. The second-order valence-electron chi connectivity index (χ2n) is 3.54. The Bertz CT molecular complexity index is 368. The highest BCUT2D eigenvalue weighted by molar-refractivity contribution is 5.76. The van der Waals surface area contributed by atoms with Crippen LogP contribution in [0, 0.1) is 0 Å². The molecule has 88 valence electrons. The quantitative estimate of drug-likeness (QED) is 0.869. The second-order valence-corrected chi connectivity index (χ2v) is 3.54. The maximum absolute atomic E-state index is 12.2. The van der Waals surface area contributed by atoms with Crippen molar-refractivity contribution in [2.24, 2.45) is 0 Å². The summed E-state index contributed by atoms with van der Waals surface area (Å²) in [6, 6.07) is 4.13. The fourth-order valence-corrected chi connectivity index (χ4v) is 1.28. The highest BCUT2D eigenvalue weighted by atomic mass is 19.4. The SMILES string of the molecule is CC(=O)C[C@H](O)c1ccc(C(F)(F)F)cc1. The molecule has 0 spiro atoms. The zero-order valence-electron chi connectivity index (χ0n) is 8.58. The van der Waals surface area contributed by atoms with E-state index in [1.54, 1.807) is 0 Å². The molecule has 0 aliphatic rings. The molecular weight excluding hydrogens is 221 g/mol. The van der Waals surface area contributed by atoms with Crippen molar-refractivity contribution in [1.29, 1.82) is 0 Å². The summed E-state index contributed by atoms with van der Waals surface area (Å²) in [7, 11) is 0. The second kappa shape index (κ2) is 4.65. The molecule has 0 amide bonds. The van der Waals surface area contributed by atoms with Gasteiger partial charge in [0.05, 0.1) is 11.7 Å². The standard InChI is InChI=1S/C11H11F3O2/c1-7(15)6-10(16)8-2-4-9(5-3-8)11(12,13)14/h2-5,10,16H,6H2,1H3/t10-/m0/s1. The van der Waals surface area contributed by atoms with Gasteiger partial charge in [-0.05, 0) is 24.6 Å². The molecule has 0 bridgehead atoms. The highest BCUT2D eigenvalue weighted by Crippen LogP contribution is 2.30. The van der Waals surface area contributed by atoms with E-state index in [1.807, 2.05) is 0 Å². The van der Waals surface area contributed by atoms with Gasteiger partial charge in [-0.25, -0.2) is 0 Å². The van der Waals surface area contributed by atoms with Crippen LogP contribution in [0.15, 0.2) is 24.3 Å². The van der Waals surface area contributed by atoms with Gasteiger partial charge in [0, 0.05) is 6.42 Å². The number of aliphatic hydroxyl groups is 1. The lowest BCUT2D eigenvalue weighted by Gasteiger charge is -2.11. The van der Waals surface area contributed by atoms with Gasteiger partial charge in [-0.2, -0.15) is 13.2 Å². The lowest BCUT2D eigenvalue weighted by Crippen LogP contribution is -2.07. The van der Waals surface area contributed by atoms with E-state index in [4.69, 9.17) is 0 Å². The van der Waals surface area contributed by atoms with E-state index in [0.717, 1.165) is 12.1 Å². The first-order valence-electron chi connectivity index (χ1n) is 4.65. The number of alkyl halides is 3. The fraction of sp³-hybridized carbons (Fsp3) is 0.364. The average molecular weight is 232 g/mol. The monoisotopic (exact) mass is 232 g/mol. The average Bonchev–Trinajstić information content (AvgIpc) is 2.15. The number of ketones is 1. The van der Waals surface area contributed by atoms with Crippen molar-refractivity contribution in [1.82, 2.24) is 0 Å². The van der Waals surface area contributed by atoms with Crippen LogP contribution in [0.4, 0.5) is 13.2 Å². The first kappa shape index (κ1) is 12.7. The zero-order chi connectivity index (χ0) is 12.3. The lowest BCUT2D eigenvalue weighted by atomic mass is 10.0. The number of benzene rings is 1. The molecule has 2 nitrogen and oxygen atoms in total. The van der Waals surface area contributed by atoms with Crippen LogP contribution in [0.1, 0.15) is 30.6 Å². The van der Waals surface area contributed by atoms with E-state index < -0.39 is 17.8 Å². The molecule has 0 heterocycles. The smallest absolute Gasteiger partial charge is 0.388 e. The van der Waals surface area contributed by atoms with Gasteiger partial charge < -0.3 is 5.11 Å². The molecule has 1 atom stereocenters. The Labute approximate surface area is 90.7 Å². The van der Waals surface area contributed by atoms with Gasteiger partial charge in [0.2, 0.25) is 0 Å². The number of Topliss-reactive ketones (excluding diaryl/α,β-unsaturated/α-hetero) is 1. The number of rotatable bonds is 3. The van der Waals surface area contributed by atoms with Gasteiger partial charge in [0.1, 0.15) is 5.78 Å². The molecule has 0 aliphatic heterocycles. The number of hydrogen-bond donors (Lipinski definition) is 1. The fourth-order valence-electron chi connectivity index (χ4n) is 1.28. The molecule has 0 saturated carbocycles. The minimum atomic E-state index is -4.38. The highest BCUT2D eigenvalue weighted by Gasteiger charge is 2.30. The largest absolute Gasteiger partial charge is 0.416 e. The summed E-state index contributed by atoms with van der Waals surface area (Å²) in [5.74, 6) is -0.215. The van der Waals surface area contributed by atoms with E-state index in [9.17, 15) is 23.1 Å². The van der Waals surface area contributed by atoms with Crippen molar-refractivity contribution in [2.45, 2.75) is 25.6 Å². The van der Waals surface area contributed by atoms with E-state index in [-0.39, 0.29) is 12.2 Å².